The third kappa shape index (κ3) is 5.43. The van der Waals surface area contributed by atoms with Crippen molar-refractivity contribution in [1.29, 1.82) is 0 Å². The summed E-state index contributed by atoms with van der Waals surface area (Å²) in [6, 6.07) is 0. The Kier molecular flexibility index (Phi) is 5.97. The Labute approximate surface area is 49.0 Å². The maximum atomic E-state index is 7.88. The Morgan fingerprint density at radius 1 is 1.75 bits per heavy atom. The van der Waals surface area contributed by atoms with Gasteiger partial charge in [0.05, 0.1) is 6.61 Å². The Hall–Kier alpha value is -0.570. The second-order valence-corrected chi connectivity index (χ2v) is 1.28. The molecule has 0 saturated carbocycles. The normalized spacial score (nSPS) is 10.6. The summed E-state index contributed by atoms with van der Waals surface area (Å²) in [6.45, 7) is 3.29. The van der Waals surface area contributed by atoms with Gasteiger partial charge in [0, 0.05) is 19.2 Å². The van der Waals surface area contributed by atoms with Crippen LogP contribution >= 0.6 is 0 Å². The van der Waals surface area contributed by atoms with Crippen molar-refractivity contribution in [2.24, 2.45) is 5.16 Å². The average Bonchev–Trinajstić information content (AvgIpc) is 1.81. The van der Waals surface area contributed by atoms with Gasteiger partial charge >= 0.3 is 0 Å². The van der Waals surface area contributed by atoms with Crippen molar-refractivity contribution in [1.82, 2.24) is 0 Å². The van der Waals surface area contributed by atoms with Gasteiger partial charge in [0.15, 0.2) is 0 Å². The summed E-state index contributed by atoms with van der Waals surface area (Å²) in [5, 5.41) is 10.7. The lowest BCUT2D eigenvalue weighted by atomic mass is 10.5. The zero-order valence-corrected chi connectivity index (χ0v) is 5.00. The predicted molar refractivity (Wildman–Crippen MR) is 31.4 cm³/mol. The van der Waals surface area contributed by atoms with E-state index >= 15 is 0 Å². The summed E-state index contributed by atoms with van der Waals surface area (Å²) in [5.74, 6) is 0. The molecule has 0 saturated heterocycles. The lowest BCUT2D eigenvalue weighted by molar-refractivity contribution is 0.155. The van der Waals surface area contributed by atoms with Crippen molar-refractivity contribution in [2.75, 3.05) is 13.2 Å². The molecule has 0 fully saturated rings. The molecule has 0 aromatic rings. The summed E-state index contributed by atoms with van der Waals surface area (Å²) >= 11 is 0. The van der Waals surface area contributed by atoms with Crippen LogP contribution < -0.4 is 0 Å². The van der Waals surface area contributed by atoms with Crippen molar-refractivity contribution < 1.29 is 9.94 Å². The smallest absolute Gasteiger partial charge is 0.0516 e. The van der Waals surface area contributed by atoms with Crippen molar-refractivity contribution >= 4 is 6.21 Å². The van der Waals surface area contributed by atoms with Gasteiger partial charge in [0.1, 0.15) is 0 Å². The topological polar surface area (TPSA) is 41.8 Å². The highest BCUT2D eigenvalue weighted by atomic mass is 16.5. The van der Waals surface area contributed by atoms with Gasteiger partial charge < -0.3 is 9.94 Å². The van der Waals surface area contributed by atoms with E-state index < -0.39 is 0 Å². The van der Waals surface area contributed by atoms with Crippen LogP contribution in [0.15, 0.2) is 5.16 Å². The molecule has 0 heterocycles. The zero-order valence-electron chi connectivity index (χ0n) is 5.00. The van der Waals surface area contributed by atoms with Gasteiger partial charge in [0.2, 0.25) is 0 Å². The Morgan fingerprint density at radius 3 is 3.00 bits per heavy atom. The van der Waals surface area contributed by atoms with Crippen LogP contribution in [-0.4, -0.2) is 24.6 Å². The fraction of sp³-hybridized carbons (Fsp3) is 0.800. The first-order valence-electron chi connectivity index (χ1n) is 2.65. The fourth-order valence-electron chi connectivity index (χ4n) is 0.338. The first-order valence-corrected chi connectivity index (χ1v) is 2.65. The van der Waals surface area contributed by atoms with Gasteiger partial charge in [-0.05, 0) is 6.92 Å². The largest absolute Gasteiger partial charge is 0.411 e. The van der Waals surface area contributed by atoms with Crippen LogP contribution in [0.3, 0.4) is 0 Å². The number of hydrogen-bond donors (Lipinski definition) is 1. The lowest BCUT2D eigenvalue weighted by Crippen LogP contribution is -1.92. The second-order valence-electron chi connectivity index (χ2n) is 1.28. The third-order valence-corrected chi connectivity index (χ3v) is 0.677. The van der Waals surface area contributed by atoms with Crippen molar-refractivity contribution in [3.05, 3.63) is 0 Å². The van der Waals surface area contributed by atoms with E-state index in [4.69, 9.17) is 9.94 Å². The molecule has 3 nitrogen and oxygen atoms in total. The first-order chi connectivity index (χ1) is 3.91. The van der Waals surface area contributed by atoms with E-state index in [1.54, 1.807) is 0 Å². The molecule has 0 aromatic heterocycles. The maximum Gasteiger partial charge on any atom is 0.0516 e. The van der Waals surface area contributed by atoms with Gasteiger partial charge in [-0.25, -0.2) is 0 Å². The van der Waals surface area contributed by atoms with Crippen LogP contribution in [0.4, 0.5) is 0 Å². The maximum absolute atomic E-state index is 7.88. The molecule has 1 N–H and O–H groups in total. The molecule has 0 aliphatic carbocycles. The monoisotopic (exact) mass is 117 g/mol. The average molecular weight is 117 g/mol. The number of ether oxygens (including phenoxy) is 1. The zero-order chi connectivity index (χ0) is 6.24. The van der Waals surface area contributed by atoms with E-state index in [9.17, 15) is 0 Å². The molecule has 0 aliphatic heterocycles. The highest BCUT2D eigenvalue weighted by molar-refractivity contribution is 5.56. The van der Waals surface area contributed by atoms with Crippen LogP contribution in [-0.2, 0) is 4.74 Å². The fourth-order valence-corrected chi connectivity index (χ4v) is 0.338. The Balaban J connectivity index is 2.72. The van der Waals surface area contributed by atoms with E-state index in [0.717, 1.165) is 6.61 Å². The molecular formula is C5H11NO2. The van der Waals surface area contributed by atoms with E-state index in [-0.39, 0.29) is 0 Å². The third-order valence-electron chi connectivity index (χ3n) is 0.677. The minimum Gasteiger partial charge on any atom is -0.411 e. The minimum atomic E-state index is 0.639. The van der Waals surface area contributed by atoms with Crippen LogP contribution in [0.2, 0.25) is 0 Å². The molecule has 0 aromatic carbocycles. The van der Waals surface area contributed by atoms with Gasteiger partial charge in [-0.3, -0.25) is 0 Å². The standard InChI is InChI=1S/C5H11NO2/c1-2-8-5-3-4-6-7/h4,7H,2-3,5H2,1H3. The van der Waals surface area contributed by atoms with E-state index in [1.807, 2.05) is 6.92 Å². The Morgan fingerprint density at radius 2 is 2.50 bits per heavy atom. The molecule has 0 radical (unpaired) electrons. The quantitative estimate of drug-likeness (QED) is 0.257. The van der Waals surface area contributed by atoms with Gasteiger partial charge in [-0.15, -0.1) is 5.16 Å². The number of nitrogens with zero attached hydrogens (tertiary/aromatic N) is 1. The van der Waals surface area contributed by atoms with Crippen LogP contribution in [0.5, 0.6) is 0 Å². The van der Waals surface area contributed by atoms with Crippen molar-refractivity contribution in [3.63, 3.8) is 0 Å². The van der Waals surface area contributed by atoms with Crippen molar-refractivity contribution in [2.45, 2.75) is 13.3 Å². The highest BCUT2D eigenvalue weighted by Gasteiger charge is 1.78. The molecule has 0 aliphatic rings. The molecule has 48 valence electrons. The van der Waals surface area contributed by atoms with Gasteiger partial charge in [0.25, 0.3) is 0 Å². The molecule has 0 spiro atoms. The van der Waals surface area contributed by atoms with E-state index in [0.29, 0.717) is 13.0 Å². The van der Waals surface area contributed by atoms with Crippen LogP contribution in [0, 0.1) is 0 Å². The highest BCUT2D eigenvalue weighted by Crippen LogP contribution is 1.76. The van der Waals surface area contributed by atoms with E-state index in [1.165, 1.54) is 6.21 Å². The van der Waals surface area contributed by atoms with Crippen molar-refractivity contribution in [3.8, 4) is 0 Å². The number of oxime groups is 1. The summed E-state index contributed by atoms with van der Waals surface area (Å²) in [6.07, 6.45) is 2.10. The summed E-state index contributed by atoms with van der Waals surface area (Å²) in [5.41, 5.74) is 0. The first kappa shape index (κ1) is 7.43. The SMILES string of the molecule is CCOCCC=NO. The minimum absolute atomic E-state index is 0.639. The van der Waals surface area contributed by atoms with Gasteiger partial charge in [-0.1, -0.05) is 0 Å². The summed E-state index contributed by atoms with van der Waals surface area (Å²) in [7, 11) is 0. The van der Waals surface area contributed by atoms with Crippen LogP contribution in [0.1, 0.15) is 13.3 Å². The molecular weight excluding hydrogens is 106 g/mol. The number of rotatable bonds is 4. The molecule has 0 atom stereocenters. The van der Waals surface area contributed by atoms with E-state index in [2.05, 4.69) is 5.16 Å². The molecule has 3 heteroatoms. The Bertz CT molecular complexity index is 63.4. The van der Waals surface area contributed by atoms with Gasteiger partial charge in [-0.2, -0.15) is 0 Å². The lowest BCUT2D eigenvalue weighted by Gasteiger charge is -1.92. The molecule has 0 amide bonds. The molecule has 0 rings (SSSR count). The number of hydrogen-bond acceptors (Lipinski definition) is 3. The summed E-state index contributed by atoms with van der Waals surface area (Å²) in [4.78, 5) is 0. The van der Waals surface area contributed by atoms with Crippen LogP contribution in [0.25, 0.3) is 0 Å². The molecule has 0 unspecified atom stereocenters. The predicted octanol–water partition coefficient (Wildman–Crippen LogP) is 0.873. The summed E-state index contributed by atoms with van der Waals surface area (Å²) < 4.78 is 4.93. The second kappa shape index (κ2) is 6.43. The molecule has 0 bridgehead atoms. The molecule has 8 heavy (non-hydrogen) atoms.